The number of hydrogen-bond acceptors (Lipinski definition) is 19. The lowest BCUT2D eigenvalue weighted by Gasteiger charge is -2.32. The summed E-state index contributed by atoms with van der Waals surface area (Å²) < 4.78 is 38.8. The van der Waals surface area contributed by atoms with Gasteiger partial charge in [-0.05, 0) is 233 Å². The molecule has 0 spiro atoms. The molecule has 5 fully saturated rings. The zero-order valence-electron chi connectivity index (χ0n) is 84.3. The van der Waals surface area contributed by atoms with Gasteiger partial charge in [0.05, 0.1) is 104 Å². The number of nitrogens with one attached hydrogen (secondary N) is 7. The van der Waals surface area contributed by atoms with Crippen LogP contribution in [0.2, 0.25) is 0 Å². The molecule has 9 heterocycles. The average molecular weight is 2030 g/mol. The number of carbonyl (C=O) groups excluding carboxylic acids is 7. The highest BCUT2D eigenvalue weighted by molar-refractivity contribution is 9.10. The monoisotopic (exact) mass is 2030 g/mol. The predicted molar refractivity (Wildman–Crippen MR) is 565 cm³/mol. The SMILES string of the molecule is C.C.CC(C)(C)OC(=O)N1CCC[C@H]1c1ncc(-c2ccc(-c3cccc4c(B5OC(C)(C)C(C)(C)O5)cccc34)cc2)[nH]1.CC(C)(C)OC(=O)N1CCC[C@H]1c1ncc(-c2ccc(Br)cc2)[nH]1.COC(=O)N[C@H](C(=O)N1CCC[C@H]1c1ncc(-c2ccc(-c3cccc4c(-c5ccc(-c6cnc([C@@H]7CCCN7C(=O)[C@@H](NC(=O)OC)C(C)C)[nH]6)cc5)cccc34)cc2)[nH]1)C(C)C.COC(=O)N[C@H](C(=O)O)C(C)C. The number of rotatable bonds is 21. The van der Waals surface area contributed by atoms with Crippen molar-refractivity contribution in [3.8, 4) is 78.4 Å². The van der Waals surface area contributed by atoms with Gasteiger partial charge in [-0.2, -0.15) is 0 Å². The zero-order chi connectivity index (χ0) is 102. The van der Waals surface area contributed by atoms with Crippen molar-refractivity contribution >= 4 is 98.3 Å². The number of benzene rings is 8. The van der Waals surface area contributed by atoms with Crippen molar-refractivity contribution in [1.29, 1.82) is 0 Å². The Morgan fingerprint density at radius 3 is 0.951 bits per heavy atom. The van der Waals surface area contributed by atoms with Gasteiger partial charge in [0.1, 0.15) is 52.6 Å². The maximum absolute atomic E-state index is 13.6. The minimum atomic E-state index is -1.06. The first-order valence-electron chi connectivity index (χ1n) is 48.6. The minimum Gasteiger partial charge on any atom is -0.480 e. The number of alkyl carbamates (subject to hydrolysis) is 3. The second kappa shape index (κ2) is 46.8. The average Bonchev–Trinajstić information content (AvgIpc) is 1.51. The van der Waals surface area contributed by atoms with Crippen LogP contribution in [0.4, 0.5) is 24.0 Å². The van der Waals surface area contributed by atoms with Crippen LogP contribution in [0.3, 0.4) is 0 Å². The maximum atomic E-state index is 13.6. The number of carboxylic acid groups (broad SMARTS) is 1. The molecule has 144 heavy (non-hydrogen) atoms. The second-order valence-electron chi connectivity index (χ2n) is 40.5. The van der Waals surface area contributed by atoms with Gasteiger partial charge in [0.25, 0.3) is 0 Å². The van der Waals surface area contributed by atoms with Crippen LogP contribution in [0.25, 0.3) is 100.0 Å². The van der Waals surface area contributed by atoms with Gasteiger partial charge in [0.15, 0.2) is 0 Å². The van der Waals surface area contributed by atoms with Gasteiger partial charge in [-0.15, -0.1) is 0 Å². The third kappa shape index (κ3) is 25.6. The Balaban J connectivity index is 0.000000197. The number of fused-ring (bicyclic) bond motifs is 2. The number of likely N-dealkylation sites (tertiary alicyclic amines) is 4. The fourth-order valence-electron chi connectivity index (χ4n) is 18.6. The summed E-state index contributed by atoms with van der Waals surface area (Å²) in [4.78, 5) is 137. The summed E-state index contributed by atoms with van der Waals surface area (Å²) in [5.41, 5.74) is 13.6. The van der Waals surface area contributed by atoms with E-state index in [-0.39, 0.29) is 80.8 Å². The fraction of sp³-hybridized carbons (Fsp3) is 0.423. The summed E-state index contributed by atoms with van der Waals surface area (Å²) in [5, 5.41) is 20.8. The number of hydrogen-bond donors (Lipinski definition) is 8. The molecule has 5 aliphatic heterocycles. The highest BCUT2D eigenvalue weighted by atomic mass is 79.9. The second-order valence-corrected chi connectivity index (χ2v) is 41.4. The third-order valence-corrected chi connectivity index (χ3v) is 27.2. The number of methoxy groups -OCH3 is 3. The smallest absolute Gasteiger partial charge is 0.480 e. The molecule has 0 bridgehead atoms. The zero-order valence-corrected chi connectivity index (χ0v) is 85.9. The summed E-state index contributed by atoms with van der Waals surface area (Å²) in [6.07, 6.45) is 11.7. The van der Waals surface area contributed by atoms with Gasteiger partial charge in [-0.25, -0.2) is 48.7 Å². The molecule has 5 saturated heterocycles. The number of ether oxygens (including phenoxy) is 5. The summed E-state index contributed by atoms with van der Waals surface area (Å²) >= 11 is 3.44. The highest BCUT2D eigenvalue weighted by Crippen LogP contribution is 2.44. The Hall–Kier alpha value is -13.7. The van der Waals surface area contributed by atoms with E-state index < -0.39 is 71.9 Å². The topological polar surface area (TPSA) is 385 Å². The Bertz CT molecular complexity index is 6260. The quantitative estimate of drug-likeness (QED) is 0.0245. The molecule has 33 heteroatoms. The normalized spacial score (nSPS) is 17.5. The molecule has 5 aliphatic rings. The van der Waals surface area contributed by atoms with Gasteiger partial charge in [-0.1, -0.05) is 230 Å². The van der Waals surface area contributed by atoms with E-state index in [0.717, 1.165) is 185 Å². The largest absolute Gasteiger partial charge is 0.495 e. The number of H-pyrrole nitrogens is 4. The summed E-state index contributed by atoms with van der Waals surface area (Å²) in [6.45, 7) is 33.2. The van der Waals surface area contributed by atoms with Crippen molar-refractivity contribution in [3.63, 3.8) is 0 Å². The Kier molecular flexibility index (Phi) is 35.5. The molecule has 7 atom stereocenters. The molecule has 8 aromatic carbocycles. The van der Waals surface area contributed by atoms with Gasteiger partial charge in [-0.3, -0.25) is 19.4 Å². The summed E-state index contributed by atoms with van der Waals surface area (Å²) in [6, 6.07) is 56.2. The number of carboxylic acids is 1. The molecule has 0 unspecified atom stereocenters. The van der Waals surface area contributed by atoms with E-state index in [9.17, 15) is 38.4 Å². The van der Waals surface area contributed by atoms with Crippen molar-refractivity contribution in [2.24, 2.45) is 17.8 Å². The lowest BCUT2D eigenvalue weighted by atomic mass is 9.75. The number of aliphatic carboxylic acids is 1. The highest BCUT2D eigenvalue weighted by Gasteiger charge is 2.52. The number of carbonyl (C=O) groups is 8. The van der Waals surface area contributed by atoms with E-state index in [0.29, 0.717) is 26.2 Å². The number of halogens is 1. The van der Waals surface area contributed by atoms with Gasteiger partial charge < -0.3 is 83.8 Å². The van der Waals surface area contributed by atoms with Crippen molar-refractivity contribution in [2.75, 3.05) is 47.5 Å². The van der Waals surface area contributed by atoms with Crippen LogP contribution in [0.15, 0.2) is 199 Å². The molecule has 0 radical (unpaired) electrons. The first-order valence-corrected chi connectivity index (χ1v) is 49.4. The Morgan fingerprint density at radius 2 is 0.660 bits per heavy atom. The van der Waals surface area contributed by atoms with Crippen molar-refractivity contribution in [1.82, 2.24) is 75.4 Å². The lowest BCUT2D eigenvalue weighted by molar-refractivity contribution is -0.140. The molecule has 0 saturated carbocycles. The van der Waals surface area contributed by atoms with Crippen molar-refractivity contribution in [2.45, 2.75) is 242 Å². The van der Waals surface area contributed by atoms with E-state index in [1.54, 1.807) is 23.6 Å². The van der Waals surface area contributed by atoms with Crippen LogP contribution in [-0.4, -0.2) is 208 Å². The van der Waals surface area contributed by atoms with Crippen LogP contribution in [-0.2, 0) is 47.4 Å². The molecule has 7 amide bonds. The van der Waals surface area contributed by atoms with E-state index in [1.807, 2.05) is 128 Å². The van der Waals surface area contributed by atoms with Crippen molar-refractivity contribution in [3.05, 3.63) is 222 Å². The van der Waals surface area contributed by atoms with Crippen LogP contribution < -0.4 is 21.4 Å². The van der Waals surface area contributed by atoms with Crippen molar-refractivity contribution < 1.29 is 76.5 Å². The molecule has 4 aromatic heterocycles. The van der Waals surface area contributed by atoms with Crippen LogP contribution in [0.5, 0.6) is 0 Å². The number of aromatic nitrogens is 8. The standard InChI is InChI=1S/C50H56N8O6.C34H40BN3O4.C18H22BrN3O2.C7H13NO4.2CH4/c1-29(2)43(55-49(61)63-5)47(59)57-25-9-15-41(57)45-51-27-39(53-45)33-21-17-31(18-22-33)35-11-7-14-38-36(12-8-13-37(35)38)32-19-23-34(24-20-32)40-28-52-46(54-40)42-16-10-26-58(42)48(60)44(30(3)4)56-50(62)64-6;1-32(2,3)40-31(39)38-20-10-15-29(38)30-36-21-28(37-30)23-18-16-22(17-19-23)24-11-8-13-26-25(24)12-9-14-27(26)35-41-33(4,5)34(6,7)42-35;1-18(2,3)24-17(23)22-10-4-5-15(22)16-20-11-14(21-16)12-6-8-13(19)9-7-12;1-4(2)5(6(9)10)8-7(11)12-3;;/h7-8,11-14,17-24,27-30,41-44H,9-10,15-16,25-26H2,1-6H3,(H,51,53)(H,52,54)(H,55,61)(H,56,62);8-9,11-14,16-19,21,29H,10,15,20H2,1-7H3,(H,36,37);6-9,11,15H,4-5,10H2,1-3H3,(H,20,21);4-5H,1-3H3,(H,8,11)(H,9,10);2*1H4/t41-,42-,43-,44-;29-;15-;5-;;/m0000../s1. The van der Waals surface area contributed by atoms with E-state index in [1.165, 1.54) is 21.3 Å². The lowest BCUT2D eigenvalue weighted by Crippen LogP contribution is -2.51. The van der Waals surface area contributed by atoms with E-state index in [2.05, 4.69) is 240 Å². The third-order valence-electron chi connectivity index (χ3n) is 26.7. The molecule has 12 aromatic rings. The molecule has 17 rings (SSSR count). The molecule has 0 aliphatic carbocycles. The van der Waals surface area contributed by atoms with E-state index in [4.69, 9.17) is 43.3 Å². The van der Waals surface area contributed by atoms with Crippen LogP contribution in [0.1, 0.15) is 224 Å². The minimum absolute atomic E-state index is 0. The first-order chi connectivity index (χ1) is 67.6. The Labute approximate surface area is 852 Å². The first kappa shape index (κ1) is 109. The number of amides is 7. The van der Waals surface area contributed by atoms with Gasteiger partial charge >= 0.3 is 43.6 Å². The summed E-state index contributed by atoms with van der Waals surface area (Å²) in [5.74, 6) is 1.35. The summed E-state index contributed by atoms with van der Waals surface area (Å²) in [7, 11) is 3.36. The van der Waals surface area contributed by atoms with Crippen LogP contribution >= 0.6 is 15.9 Å². The number of nitrogens with zero attached hydrogens (tertiary/aromatic N) is 8. The van der Waals surface area contributed by atoms with Gasteiger partial charge in [0, 0.05) is 30.7 Å². The maximum Gasteiger partial charge on any atom is 0.495 e. The van der Waals surface area contributed by atoms with E-state index >= 15 is 0 Å². The van der Waals surface area contributed by atoms with Gasteiger partial charge in [0.2, 0.25) is 11.8 Å². The molecule has 31 nitrogen and oxygen atoms in total. The molecule has 8 N–H and O–H groups in total. The number of aromatic amines is 4. The Morgan fingerprint density at radius 1 is 0.396 bits per heavy atom. The predicted octanol–water partition coefficient (Wildman–Crippen LogP) is 22.9. The van der Waals surface area contributed by atoms with Crippen LogP contribution in [0, 0.1) is 17.8 Å². The number of imidazole rings is 4. The molecule has 764 valence electrons. The molecular weight excluding hydrogens is 1890 g/mol. The molecular formula is C111H139BBrN15O16. The fourth-order valence-corrected chi connectivity index (χ4v) is 18.8.